The van der Waals surface area contributed by atoms with E-state index in [1.807, 2.05) is 37.3 Å². The van der Waals surface area contributed by atoms with Crippen LogP contribution in [0.1, 0.15) is 55.9 Å². The van der Waals surface area contributed by atoms with E-state index >= 15 is 4.39 Å². The standard InChI is InChI=1S/C32H26F2N4O2/c1-19-7-10-21(31(40)36-32(14-15-32)22-5-3-2-4-6-22)18-25(19)24-13-16-38-29(28(24)34)27(30(35)39)26(37-38)17-20-8-11-23(33)12-9-20/h2-13,16,18H,14-15,17H2,1H3,(H2,35,39)(H,36,40). The first-order chi connectivity index (χ1) is 19.3. The SMILES string of the molecule is Cc1ccc(C(=O)NC2(c3ccccc3)CC2)cc1-c1ccn2nc(Cc3ccc(F)cc3)c(C(N)=O)c2c1F. The normalized spacial score (nSPS) is 13.8. The number of aryl methyl sites for hydroxylation is 1. The second-order valence-corrected chi connectivity index (χ2v) is 10.3. The number of pyridine rings is 1. The van der Waals surface area contributed by atoms with Crippen LogP contribution in [0.15, 0.2) is 85.1 Å². The summed E-state index contributed by atoms with van der Waals surface area (Å²) in [5, 5.41) is 7.57. The van der Waals surface area contributed by atoms with Crippen molar-refractivity contribution in [1.82, 2.24) is 14.9 Å². The molecule has 1 aliphatic rings. The third kappa shape index (κ3) is 4.51. The van der Waals surface area contributed by atoms with Gasteiger partial charge >= 0.3 is 0 Å². The van der Waals surface area contributed by atoms with Gasteiger partial charge in [0.25, 0.3) is 11.8 Å². The number of primary amides is 1. The van der Waals surface area contributed by atoms with E-state index < -0.39 is 11.7 Å². The number of nitrogens with zero attached hydrogens (tertiary/aromatic N) is 2. The number of aromatic nitrogens is 2. The van der Waals surface area contributed by atoms with Crippen molar-refractivity contribution < 1.29 is 18.4 Å². The van der Waals surface area contributed by atoms with Crippen LogP contribution in [0, 0.1) is 18.6 Å². The van der Waals surface area contributed by atoms with Gasteiger partial charge in [-0.1, -0.05) is 48.5 Å². The summed E-state index contributed by atoms with van der Waals surface area (Å²) >= 11 is 0. The van der Waals surface area contributed by atoms with Gasteiger partial charge in [0.15, 0.2) is 5.82 Å². The molecule has 40 heavy (non-hydrogen) atoms. The van der Waals surface area contributed by atoms with Crippen molar-refractivity contribution in [3.8, 4) is 11.1 Å². The Bertz CT molecular complexity index is 1780. The van der Waals surface area contributed by atoms with Crippen molar-refractivity contribution in [3.05, 3.63) is 130 Å². The molecule has 6 rings (SSSR count). The Hall–Kier alpha value is -4.85. The summed E-state index contributed by atoms with van der Waals surface area (Å²) in [6, 6.07) is 22.4. The third-order valence-electron chi connectivity index (χ3n) is 7.56. The lowest BCUT2D eigenvalue weighted by atomic mass is 9.96. The van der Waals surface area contributed by atoms with Crippen LogP contribution >= 0.6 is 0 Å². The number of nitrogens with one attached hydrogen (secondary N) is 1. The Labute approximate surface area is 229 Å². The number of rotatable bonds is 7. The average Bonchev–Trinajstić information content (AvgIpc) is 3.63. The maximum atomic E-state index is 16.2. The summed E-state index contributed by atoms with van der Waals surface area (Å²) in [7, 11) is 0. The monoisotopic (exact) mass is 536 g/mol. The number of carbonyl (C=O) groups excluding carboxylic acids is 2. The van der Waals surface area contributed by atoms with Crippen LogP contribution in [0.3, 0.4) is 0 Å². The fourth-order valence-electron chi connectivity index (χ4n) is 5.24. The number of hydrogen-bond donors (Lipinski definition) is 2. The Morgan fingerprint density at radius 1 is 0.975 bits per heavy atom. The highest BCUT2D eigenvalue weighted by atomic mass is 19.1. The zero-order chi connectivity index (χ0) is 28.0. The van der Waals surface area contributed by atoms with Gasteiger partial charge in [-0.05, 0) is 72.4 Å². The molecule has 0 unspecified atom stereocenters. The van der Waals surface area contributed by atoms with Gasteiger partial charge in [0.2, 0.25) is 0 Å². The predicted molar refractivity (Wildman–Crippen MR) is 148 cm³/mol. The van der Waals surface area contributed by atoms with Gasteiger partial charge in [-0.25, -0.2) is 13.3 Å². The van der Waals surface area contributed by atoms with Crippen LogP contribution in [0.4, 0.5) is 8.78 Å². The highest BCUT2D eigenvalue weighted by molar-refractivity contribution is 6.02. The molecule has 5 aromatic rings. The molecule has 3 N–H and O–H groups in total. The Morgan fingerprint density at radius 2 is 1.70 bits per heavy atom. The van der Waals surface area contributed by atoms with E-state index in [4.69, 9.17) is 5.73 Å². The molecule has 0 spiro atoms. The highest BCUT2D eigenvalue weighted by Crippen LogP contribution is 2.45. The topological polar surface area (TPSA) is 89.5 Å². The number of fused-ring (bicyclic) bond motifs is 1. The largest absolute Gasteiger partial charge is 0.365 e. The van der Waals surface area contributed by atoms with E-state index in [0.29, 0.717) is 16.7 Å². The van der Waals surface area contributed by atoms with E-state index in [0.717, 1.165) is 24.0 Å². The fourth-order valence-corrected chi connectivity index (χ4v) is 5.24. The van der Waals surface area contributed by atoms with Crippen LogP contribution in [-0.2, 0) is 12.0 Å². The maximum Gasteiger partial charge on any atom is 0.252 e. The predicted octanol–water partition coefficient (Wildman–Crippen LogP) is 5.70. The quantitative estimate of drug-likeness (QED) is 0.280. The first-order valence-corrected chi connectivity index (χ1v) is 13.0. The van der Waals surface area contributed by atoms with Crippen molar-refractivity contribution in [2.75, 3.05) is 0 Å². The second-order valence-electron chi connectivity index (χ2n) is 10.3. The van der Waals surface area contributed by atoms with Gasteiger partial charge in [0.05, 0.1) is 16.8 Å². The zero-order valence-corrected chi connectivity index (χ0v) is 21.7. The van der Waals surface area contributed by atoms with Crippen molar-refractivity contribution >= 4 is 17.3 Å². The molecule has 3 aromatic carbocycles. The number of nitrogens with two attached hydrogens (primary N) is 1. The van der Waals surface area contributed by atoms with E-state index in [-0.39, 0.29) is 46.0 Å². The van der Waals surface area contributed by atoms with Gasteiger partial charge in [-0.2, -0.15) is 5.10 Å². The lowest BCUT2D eigenvalue weighted by Gasteiger charge is -2.19. The summed E-state index contributed by atoms with van der Waals surface area (Å²) in [6.07, 6.45) is 3.44. The smallest absolute Gasteiger partial charge is 0.252 e. The molecule has 6 nitrogen and oxygen atoms in total. The highest BCUT2D eigenvalue weighted by Gasteiger charge is 2.45. The number of hydrogen-bond acceptors (Lipinski definition) is 3. The fraction of sp³-hybridized carbons (Fsp3) is 0.156. The molecule has 0 atom stereocenters. The molecule has 1 aliphatic carbocycles. The first-order valence-electron chi connectivity index (χ1n) is 13.0. The van der Waals surface area contributed by atoms with Gasteiger partial charge in [-0.3, -0.25) is 9.59 Å². The van der Waals surface area contributed by atoms with Gasteiger partial charge < -0.3 is 11.1 Å². The molecule has 0 aliphatic heterocycles. The average molecular weight is 537 g/mol. The Morgan fingerprint density at radius 3 is 2.38 bits per heavy atom. The Kier molecular flexibility index (Phi) is 6.18. The number of benzene rings is 3. The van der Waals surface area contributed by atoms with E-state index in [2.05, 4.69) is 10.4 Å². The molecule has 1 fully saturated rings. The van der Waals surface area contributed by atoms with Crippen LogP contribution in [0.5, 0.6) is 0 Å². The molecule has 8 heteroatoms. The van der Waals surface area contributed by atoms with Crippen molar-refractivity contribution in [1.29, 1.82) is 0 Å². The Balaban J connectivity index is 1.37. The molecule has 0 saturated heterocycles. The molecular weight excluding hydrogens is 510 g/mol. The molecule has 2 amide bonds. The van der Waals surface area contributed by atoms with Gasteiger partial charge in [0, 0.05) is 23.7 Å². The minimum atomic E-state index is -0.816. The molecular formula is C32H26F2N4O2. The lowest BCUT2D eigenvalue weighted by Crippen LogP contribution is -2.34. The summed E-state index contributed by atoms with van der Waals surface area (Å²) in [6.45, 7) is 1.83. The van der Waals surface area contributed by atoms with Crippen LogP contribution < -0.4 is 11.1 Å². The van der Waals surface area contributed by atoms with E-state index in [1.54, 1.807) is 42.6 Å². The summed E-state index contributed by atoms with van der Waals surface area (Å²) in [5.74, 6) is -2.11. The van der Waals surface area contributed by atoms with Crippen molar-refractivity contribution in [3.63, 3.8) is 0 Å². The summed E-state index contributed by atoms with van der Waals surface area (Å²) in [4.78, 5) is 25.8. The second kappa shape index (κ2) is 9.72. The van der Waals surface area contributed by atoms with Crippen LogP contribution in [0.2, 0.25) is 0 Å². The molecule has 2 heterocycles. The van der Waals surface area contributed by atoms with Crippen molar-refractivity contribution in [2.45, 2.75) is 31.7 Å². The maximum absolute atomic E-state index is 16.2. The molecule has 1 saturated carbocycles. The van der Waals surface area contributed by atoms with Gasteiger partial charge in [-0.15, -0.1) is 0 Å². The van der Waals surface area contributed by atoms with E-state index in [1.165, 1.54) is 16.6 Å². The van der Waals surface area contributed by atoms with Gasteiger partial charge in [0.1, 0.15) is 11.3 Å². The summed E-state index contributed by atoms with van der Waals surface area (Å²) < 4.78 is 30.8. The number of carbonyl (C=O) groups is 2. The molecule has 200 valence electrons. The minimum absolute atomic E-state index is 0.0336. The van der Waals surface area contributed by atoms with E-state index in [9.17, 15) is 14.0 Å². The molecule has 0 radical (unpaired) electrons. The minimum Gasteiger partial charge on any atom is -0.365 e. The third-order valence-corrected chi connectivity index (χ3v) is 7.56. The summed E-state index contributed by atoms with van der Waals surface area (Å²) in [5.41, 5.74) is 9.19. The lowest BCUT2D eigenvalue weighted by molar-refractivity contribution is 0.0930. The molecule has 2 aromatic heterocycles. The number of halogens is 2. The van der Waals surface area contributed by atoms with Crippen molar-refractivity contribution in [2.24, 2.45) is 5.73 Å². The molecule has 0 bridgehead atoms. The van der Waals surface area contributed by atoms with Crippen LogP contribution in [-0.4, -0.2) is 21.4 Å². The zero-order valence-electron chi connectivity index (χ0n) is 21.7. The first kappa shape index (κ1) is 25.4. The number of amides is 2. The van der Waals surface area contributed by atoms with Crippen LogP contribution in [0.25, 0.3) is 16.6 Å².